The number of aromatic nitrogens is 5. The summed E-state index contributed by atoms with van der Waals surface area (Å²) in [7, 11) is 3.24. The van der Waals surface area contributed by atoms with E-state index in [4.69, 9.17) is 4.74 Å². The lowest BCUT2D eigenvalue weighted by atomic mass is 10.1. The number of hydrogen-bond donors (Lipinski definition) is 1. The Morgan fingerprint density at radius 3 is 2.68 bits per heavy atom. The van der Waals surface area contributed by atoms with E-state index in [1.165, 1.54) is 50.1 Å². The molecule has 1 saturated carbocycles. The fraction of sp³-hybridized carbons (Fsp3) is 0.407. The molecule has 1 amide bonds. The van der Waals surface area contributed by atoms with Crippen LogP contribution in [0.25, 0.3) is 16.8 Å². The Balaban J connectivity index is 0.000000412. The molecule has 9 nitrogen and oxygen atoms in total. The van der Waals surface area contributed by atoms with Gasteiger partial charge in [-0.2, -0.15) is 5.10 Å². The van der Waals surface area contributed by atoms with Crippen LogP contribution in [-0.2, 0) is 11.8 Å². The molecule has 0 radical (unpaired) electrons. The van der Waals surface area contributed by atoms with Gasteiger partial charge < -0.3 is 15.0 Å². The van der Waals surface area contributed by atoms with E-state index in [9.17, 15) is 9.18 Å². The molecule has 0 spiro atoms. The van der Waals surface area contributed by atoms with Gasteiger partial charge in [0.15, 0.2) is 17.4 Å². The minimum absolute atomic E-state index is 0.107. The molecular formula is C27H32FN7O2. The fourth-order valence-corrected chi connectivity index (χ4v) is 4.56. The Bertz CT molecular complexity index is 1410. The number of carbonyl (C=O) groups is 1. The van der Waals surface area contributed by atoms with Crippen LogP contribution < -0.4 is 10.1 Å². The van der Waals surface area contributed by atoms with Gasteiger partial charge in [0.05, 0.1) is 25.0 Å². The first-order chi connectivity index (χ1) is 17.9. The standard InChI is InChI=1S/C22H21FN6O2.C5H11N/c1-12-4-5-18(24-9-12)14-8-15(14)22(30)26-20-7-13-6-16(17(23)11-29(13)27-20)21-19(31-3)10-25-28(21)2;1-2-6-4-3-5-6/h4-7,9-11,14-15H,8H2,1-3H3,(H,26,27,30);2-5H2,1H3. The van der Waals surface area contributed by atoms with Crippen molar-refractivity contribution in [1.82, 2.24) is 29.3 Å². The van der Waals surface area contributed by atoms with Gasteiger partial charge in [-0.1, -0.05) is 13.0 Å². The number of nitrogens with one attached hydrogen (secondary N) is 1. The van der Waals surface area contributed by atoms with E-state index in [-0.39, 0.29) is 17.7 Å². The molecule has 4 aromatic heterocycles. The molecule has 5 heterocycles. The number of pyridine rings is 2. The first kappa shape index (κ1) is 24.9. The van der Waals surface area contributed by atoms with Crippen LogP contribution in [0.2, 0.25) is 0 Å². The highest BCUT2D eigenvalue weighted by Gasteiger charge is 2.45. The van der Waals surface area contributed by atoms with E-state index < -0.39 is 5.82 Å². The maximum absolute atomic E-state index is 14.8. The molecule has 1 aliphatic carbocycles. The molecule has 0 bridgehead atoms. The molecule has 37 heavy (non-hydrogen) atoms. The van der Waals surface area contributed by atoms with Gasteiger partial charge in [-0.05, 0) is 57.1 Å². The maximum Gasteiger partial charge on any atom is 0.229 e. The number of carbonyl (C=O) groups excluding carboxylic acids is 1. The number of hydrogen-bond acceptors (Lipinski definition) is 6. The van der Waals surface area contributed by atoms with Crippen molar-refractivity contribution in [2.24, 2.45) is 13.0 Å². The Morgan fingerprint density at radius 2 is 2.05 bits per heavy atom. The van der Waals surface area contributed by atoms with Gasteiger partial charge in [-0.3, -0.25) is 14.5 Å². The van der Waals surface area contributed by atoms with Crippen molar-refractivity contribution in [3.63, 3.8) is 0 Å². The molecule has 0 aromatic carbocycles. The van der Waals surface area contributed by atoms with Crippen molar-refractivity contribution in [3.05, 3.63) is 59.9 Å². The highest BCUT2D eigenvalue weighted by molar-refractivity contribution is 5.95. The van der Waals surface area contributed by atoms with Crippen molar-refractivity contribution in [2.75, 3.05) is 32.1 Å². The quantitative estimate of drug-likeness (QED) is 0.426. The minimum Gasteiger partial charge on any atom is -0.493 e. The molecule has 4 aromatic rings. The zero-order valence-corrected chi connectivity index (χ0v) is 21.6. The zero-order chi connectivity index (χ0) is 26.1. The van der Waals surface area contributed by atoms with Gasteiger partial charge in [-0.25, -0.2) is 8.91 Å². The number of aryl methyl sites for hydroxylation is 2. The van der Waals surface area contributed by atoms with Crippen molar-refractivity contribution in [2.45, 2.75) is 32.6 Å². The summed E-state index contributed by atoms with van der Waals surface area (Å²) in [6.45, 7) is 8.13. The molecule has 194 valence electrons. The second-order valence-corrected chi connectivity index (χ2v) is 9.61. The third-order valence-corrected chi connectivity index (χ3v) is 7.02. The minimum atomic E-state index is -0.469. The van der Waals surface area contributed by atoms with Crippen molar-refractivity contribution in [1.29, 1.82) is 0 Å². The van der Waals surface area contributed by atoms with Gasteiger partial charge in [-0.15, -0.1) is 5.10 Å². The lowest BCUT2D eigenvalue weighted by Gasteiger charge is -2.28. The number of anilines is 1. The number of rotatable bonds is 6. The van der Waals surface area contributed by atoms with Crippen molar-refractivity contribution < 1.29 is 13.9 Å². The SMILES string of the molecule is CCN1CCC1.COc1cnn(C)c1-c1cc2cc(NC(=O)C3CC3c3ccc(C)cn3)nn2cc1F. The molecule has 2 atom stereocenters. The van der Waals surface area contributed by atoms with Crippen molar-refractivity contribution >= 4 is 17.2 Å². The van der Waals surface area contributed by atoms with Gasteiger partial charge in [0, 0.05) is 42.4 Å². The van der Waals surface area contributed by atoms with Crippen LogP contribution in [0.15, 0.2) is 42.9 Å². The van der Waals surface area contributed by atoms with Gasteiger partial charge in [0.25, 0.3) is 0 Å². The highest BCUT2D eigenvalue weighted by Crippen LogP contribution is 2.47. The summed E-state index contributed by atoms with van der Waals surface area (Å²) in [5.41, 5.74) is 3.53. The summed E-state index contributed by atoms with van der Waals surface area (Å²) in [4.78, 5) is 19.5. The second-order valence-electron chi connectivity index (χ2n) is 9.61. The summed E-state index contributed by atoms with van der Waals surface area (Å²) in [5.74, 6) is 0.266. The Kier molecular flexibility index (Phi) is 6.92. The predicted octanol–water partition coefficient (Wildman–Crippen LogP) is 4.04. The third kappa shape index (κ3) is 5.20. The third-order valence-electron chi connectivity index (χ3n) is 7.02. The number of likely N-dealkylation sites (tertiary alicyclic amines) is 1. The van der Waals surface area contributed by atoms with Crippen molar-refractivity contribution in [3.8, 4) is 17.0 Å². The lowest BCUT2D eigenvalue weighted by molar-refractivity contribution is -0.117. The first-order valence-corrected chi connectivity index (χ1v) is 12.6. The van der Waals surface area contributed by atoms with Gasteiger partial charge in [0.2, 0.25) is 5.91 Å². The molecule has 1 N–H and O–H groups in total. The topological polar surface area (TPSA) is 89.6 Å². The molecule has 6 rings (SSSR count). The molecular weight excluding hydrogens is 473 g/mol. The lowest BCUT2D eigenvalue weighted by Crippen LogP contribution is -2.36. The average molecular weight is 506 g/mol. The largest absolute Gasteiger partial charge is 0.493 e. The predicted molar refractivity (Wildman–Crippen MR) is 139 cm³/mol. The fourth-order valence-electron chi connectivity index (χ4n) is 4.56. The molecule has 2 unspecified atom stereocenters. The maximum atomic E-state index is 14.8. The van der Waals surface area contributed by atoms with E-state index in [1.54, 1.807) is 23.9 Å². The van der Waals surface area contributed by atoms with Crippen LogP contribution in [0.3, 0.4) is 0 Å². The summed E-state index contributed by atoms with van der Waals surface area (Å²) in [5, 5.41) is 11.3. The second kappa shape index (κ2) is 10.3. The number of fused-ring (bicyclic) bond motifs is 1. The van der Waals surface area contributed by atoms with Crippen LogP contribution in [0.1, 0.15) is 36.9 Å². The van der Waals surface area contributed by atoms with Crippen LogP contribution in [0, 0.1) is 18.7 Å². The van der Waals surface area contributed by atoms with Gasteiger partial charge in [0.1, 0.15) is 5.69 Å². The number of halogens is 1. The van der Waals surface area contributed by atoms with Crippen LogP contribution in [0.4, 0.5) is 10.2 Å². The number of ether oxygens (including phenoxy) is 1. The normalized spacial score (nSPS) is 18.6. The molecule has 1 aliphatic heterocycles. The van der Waals surface area contributed by atoms with E-state index >= 15 is 0 Å². The number of nitrogens with zero attached hydrogens (tertiary/aromatic N) is 6. The molecule has 1 saturated heterocycles. The Morgan fingerprint density at radius 1 is 1.24 bits per heavy atom. The monoisotopic (exact) mass is 505 g/mol. The Labute approximate surface area is 215 Å². The highest BCUT2D eigenvalue weighted by atomic mass is 19.1. The zero-order valence-electron chi connectivity index (χ0n) is 21.6. The summed E-state index contributed by atoms with van der Waals surface area (Å²) in [6.07, 6.45) is 6.81. The smallest absolute Gasteiger partial charge is 0.229 e. The summed E-state index contributed by atoms with van der Waals surface area (Å²) < 4.78 is 23.1. The van der Waals surface area contributed by atoms with E-state index in [0.29, 0.717) is 28.3 Å². The average Bonchev–Trinajstić information content (AvgIpc) is 3.43. The van der Waals surface area contributed by atoms with Gasteiger partial charge >= 0.3 is 0 Å². The molecule has 2 aliphatic rings. The van der Waals surface area contributed by atoms with E-state index in [2.05, 4.69) is 32.3 Å². The van der Waals surface area contributed by atoms with E-state index in [1.807, 2.05) is 25.3 Å². The summed E-state index contributed by atoms with van der Waals surface area (Å²) >= 11 is 0. The number of methoxy groups -OCH3 is 1. The number of amides is 1. The molecule has 10 heteroatoms. The van der Waals surface area contributed by atoms with Crippen LogP contribution >= 0.6 is 0 Å². The van der Waals surface area contributed by atoms with Crippen LogP contribution in [-0.4, -0.2) is 61.9 Å². The molecule has 2 fully saturated rings. The first-order valence-electron chi connectivity index (χ1n) is 12.6. The van der Waals surface area contributed by atoms with E-state index in [0.717, 1.165) is 17.7 Å². The van der Waals surface area contributed by atoms with Crippen LogP contribution in [0.5, 0.6) is 5.75 Å². The Hall–Kier alpha value is -3.79. The summed E-state index contributed by atoms with van der Waals surface area (Å²) in [6, 6.07) is 7.34.